The third-order valence-electron chi connectivity index (χ3n) is 4.23. The maximum absolute atomic E-state index is 12.2. The summed E-state index contributed by atoms with van der Waals surface area (Å²) in [6, 6.07) is 24.6. The van der Waals surface area contributed by atoms with Crippen LogP contribution in [0.25, 0.3) is 11.1 Å². The summed E-state index contributed by atoms with van der Waals surface area (Å²) in [7, 11) is 0. The molecule has 0 aliphatic heterocycles. The minimum absolute atomic E-state index is 0.322. The quantitative estimate of drug-likeness (QED) is 0.649. The smallest absolute Gasteiger partial charge is 0.338 e. The molecule has 0 unspecified atom stereocenters. The molecule has 0 aromatic heterocycles. The van der Waals surface area contributed by atoms with E-state index in [2.05, 4.69) is 5.32 Å². The SMILES string of the molecule is CCc1ccccc1NC(=O)COC(=O)c1ccc(-c2ccccc2)cc1. The van der Waals surface area contributed by atoms with Gasteiger partial charge in [0, 0.05) is 5.69 Å². The van der Waals surface area contributed by atoms with Crippen molar-refractivity contribution in [1.82, 2.24) is 0 Å². The summed E-state index contributed by atoms with van der Waals surface area (Å²) in [6.45, 7) is 1.70. The van der Waals surface area contributed by atoms with Crippen LogP contribution in [0.15, 0.2) is 78.9 Å². The van der Waals surface area contributed by atoms with E-state index in [0.717, 1.165) is 28.8 Å². The Morgan fingerprint density at radius 1 is 0.815 bits per heavy atom. The minimum Gasteiger partial charge on any atom is -0.452 e. The maximum Gasteiger partial charge on any atom is 0.338 e. The predicted molar refractivity (Wildman–Crippen MR) is 107 cm³/mol. The molecule has 0 saturated heterocycles. The second-order valence-corrected chi connectivity index (χ2v) is 6.08. The summed E-state index contributed by atoms with van der Waals surface area (Å²) in [6.07, 6.45) is 0.810. The van der Waals surface area contributed by atoms with Gasteiger partial charge in [-0.25, -0.2) is 4.79 Å². The Bertz CT molecular complexity index is 918. The molecule has 3 aromatic carbocycles. The molecule has 27 heavy (non-hydrogen) atoms. The largest absolute Gasteiger partial charge is 0.452 e. The number of carbonyl (C=O) groups excluding carboxylic acids is 2. The molecule has 136 valence electrons. The molecular weight excluding hydrogens is 338 g/mol. The zero-order valence-electron chi connectivity index (χ0n) is 15.1. The van der Waals surface area contributed by atoms with Gasteiger partial charge >= 0.3 is 5.97 Å². The van der Waals surface area contributed by atoms with E-state index in [1.807, 2.05) is 73.7 Å². The van der Waals surface area contributed by atoms with Crippen LogP contribution in [0.2, 0.25) is 0 Å². The van der Waals surface area contributed by atoms with E-state index in [9.17, 15) is 9.59 Å². The zero-order chi connectivity index (χ0) is 19.1. The van der Waals surface area contributed by atoms with Crippen molar-refractivity contribution in [3.05, 3.63) is 90.0 Å². The summed E-state index contributed by atoms with van der Waals surface area (Å²) < 4.78 is 5.13. The number of hydrogen-bond donors (Lipinski definition) is 1. The summed E-state index contributed by atoms with van der Waals surface area (Å²) in [5.74, 6) is -0.876. The van der Waals surface area contributed by atoms with Crippen molar-refractivity contribution >= 4 is 17.6 Å². The highest BCUT2D eigenvalue weighted by Gasteiger charge is 2.11. The number of nitrogens with one attached hydrogen (secondary N) is 1. The molecule has 0 spiro atoms. The number of para-hydroxylation sites is 1. The maximum atomic E-state index is 12.2. The fourth-order valence-electron chi connectivity index (χ4n) is 2.78. The van der Waals surface area contributed by atoms with Gasteiger partial charge in [0.05, 0.1) is 5.56 Å². The molecule has 0 heterocycles. The average Bonchev–Trinajstić information content (AvgIpc) is 2.73. The zero-order valence-corrected chi connectivity index (χ0v) is 15.1. The Hall–Kier alpha value is -3.40. The van der Waals surface area contributed by atoms with Crippen LogP contribution in [0.1, 0.15) is 22.8 Å². The molecule has 0 bridgehead atoms. The van der Waals surface area contributed by atoms with Crippen molar-refractivity contribution in [2.75, 3.05) is 11.9 Å². The lowest BCUT2D eigenvalue weighted by Gasteiger charge is -2.10. The van der Waals surface area contributed by atoms with Gasteiger partial charge in [-0.3, -0.25) is 4.79 Å². The monoisotopic (exact) mass is 359 g/mol. The number of anilines is 1. The van der Waals surface area contributed by atoms with E-state index in [-0.39, 0.29) is 12.5 Å². The van der Waals surface area contributed by atoms with Crippen molar-refractivity contribution in [2.45, 2.75) is 13.3 Å². The van der Waals surface area contributed by atoms with Gasteiger partial charge in [-0.2, -0.15) is 0 Å². The number of hydrogen-bond acceptors (Lipinski definition) is 3. The van der Waals surface area contributed by atoms with Crippen LogP contribution in [0.4, 0.5) is 5.69 Å². The lowest BCUT2D eigenvalue weighted by molar-refractivity contribution is -0.119. The molecule has 4 heteroatoms. The highest BCUT2D eigenvalue weighted by atomic mass is 16.5. The molecule has 1 N–H and O–H groups in total. The topological polar surface area (TPSA) is 55.4 Å². The number of amides is 1. The van der Waals surface area contributed by atoms with Gasteiger partial charge < -0.3 is 10.1 Å². The van der Waals surface area contributed by atoms with Crippen LogP contribution in [-0.4, -0.2) is 18.5 Å². The standard InChI is InChI=1S/C23H21NO3/c1-2-17-8-6-7-11-21(17)24-22(25)16-27-23(26)20-14-12-19(13-15-20)18-9-4-3-5-10-18/h3-15H,2,16H2,1H3,(H,24,25). The van der Waals surface area contributed by atoms with Gasteiger partial charge in [-0.1, -0.05) is 67.6 Å². The first kappa shape index (κ1) is 18.4. The van der Waals surface area contributed by atoms with Crippen LogP contribution in [0.3, 0.4) is 0 Å². The summed E-state index contributed by atoms with van der Waals surface area (Å²) >= 11 is 0. The number of benzene rings is 3. The second-order valence-electron chi connectivity index (χ2n) is 6.08. The van der Waals surface area contributed by atoms with Crippen molar-refractivity contribution in [1.29, 1.82) is 0 Å². The molecule has 0 radical (unpaired) electrons. The fraction of sp³-hybridized carbons (Fsp3) is 0.130. The molecular formula is C23H21NO3. The van der Waals surface area contributed by atoms with Gasteiger partial charge in [0.1, 0.15) is 0 Å². The molecule has 3 aromatic rings. The molecule has 0 aliphatic carbocycles. The van der Waals surface area contributed by atoms with E-state index in [1.165, 1.54) is 0 Å². The van der Waals surface area contributed by atoms with E-state index in [4.69, 9.17) is 4.74 Å². The van der Waals surface area contributed by atoms with Crippen molar-refractivity contribution < 1.29 is 14.3 Å². The summed E-state index contributed by atoms with van der Waals surface area (Å²) in [5, 5.41) is 2.78. The molecule has 0 fully saturated rings. The van der Waals surface area contributed by atoms with Crippen molar-refractivity contribution in [3.8, 4) is 11.1 Å². The number of carbonyl (C=O) groups is 2. The Kier molecular flexibility index (Phi) is 6.00. The lowest BCUT2D eigenvalue weighted by atomic mass is 10.0. The molecule has 3 rings (SSSR count). The number of ether oxygens (including phenoxy) is 1. The first-order valence-electron chi connectivity index (χ1n) is 8.87. The van der Waals surface area contributed by atoms with Crippen LogP contribution in [0.5, 0.6) is 0 Å². The van der Waals surface area contributed by atoms with Gasteiger partial charge in [-0.15, -0.1) is 0 Å². The van der Waals surface area contributed by atoms with E-state index >= 15 is 0 Å². The highest BCUT2D eigenvalue weighted by molar-refractivity contribution is 5.96. The molecule has 0 saturated carbocycles. The average molecular weight is 359 g/mol. The highest BCUT2D eigenvalue weighted by Crippen LogP contribution is 2.19. The first-order chi connectivity index (χ1) is 13.2. The van der Waals surface area contributed by atoms with Gasteiger partial charge in [-0.05, 0) is 41.3 Å². The van der Waals surface area contributed by atoms with Crippen LogP contribution >= 0.6 is 0 Å². The predicted octanol–water partition coefficient (Wildman–Crippen LogP) is 4.71. The normalized spacial score (nSPS) is 10.3. The van der Waals surface area contributed by atoms with Crippen molar-refractivity contribution in [3.63, 3.8) is 0 Å². The number of esters is 1. The first-order valence-corrected chi connectivity index (χ1v) is 8.87. The Morgan fingerprint density at radius 3 is 2.15 bits per heavy atom. The molecule has 1 amide bonds. The van der Waals surface area contributed by atoms with Gasteiger partial charge in [0.15, 0.2) is 6.61 Å². The number of aryl methyl sites for hydroxylation is 1. The van der Waals surface area contributed by atoms with E-state index in [0.29, 0.717) is 5.56 Å². The second kappa shape index (κ2) is 8.81. The summed E-state index contributed by atoms with van der Waals surface area (Å²) in [4.78, 5) is 24.2. The Morgan fingerprint density at radius 2 is 1.44 bits per heavy atom. The van der Waals surface area contributed by atoms with Crippen molar-refractivity contribution in [2.24, 2.45) is 0 Å². The third kappa shape index (κ3) is 4.82. The Balaban J connectivity index is 1.56. The molecule has 4 nitrogen and oxygen atoms in total. The van der Waals surface area contributed by atoms with Crippen LogP contribution < -0.4 is 5.32 Å². The van der Waals surface area contributed by atoms with Gasteiger partial charge in [0.25, 0.3) is 5.91 Å². The summed E-state index contributed by atoms with van der Waals surface area (Å²) in [5.41, 5.74) is 4.28. The lowest BCUT2D eigenvalue weighted by Crippen LogP contribution is -2.21. The third-order valence-corrected chi connectivity index (χ3v) is 4.23. The molecule has 0 aliphatic rings. The van der Waals surface area contributed by atoms with E-state index < -0.39 is 5.97 Å². The van der Waals surface area contributed by atoms with Crippen LogP contribution in [-0.2, 0) is 16.0 Å². The van der Waals surface area contributed by atoms with Crippen LogP contribution in [0, 0.1) is 0 Å². The minimum atomic E-state index is -0.520. The van der Waals surface area contributed by atoms with Gasteiger partial charge in [0.2, 0.25) is 0 Å². The fourth-order valence-corrected chi connectivity index (χ4v) is 2.78. The molecule has 0 atom stereocenters. The number of rotatable bonds is 6. The Labute approximate surface area is 158 Å². The van der Waals surface area contributed by atoms with E-state index in [1.54, 1.807) is 12.1 Å².